The molecular weight excluding hydrogens is 411 g/mol. The highest BCUT2D eigenvalue weighted by Gasteiger charge is 2.55. The summed E-state index contributed by atoms with van der Waals surface area (Å²) < 4.78 is 24.1. The van der Waals surface area contributed by atoms with Crippen LogP contribution in [0, 0.1) is 17.7 Å². The molecular formula is C25H31FN2O4. The summed E-state index contributed by atoms with van der Waals surface area (Å²) in [5, 5.41) is 12.8. The molecule has 4 atom stereocenters. The van der Waals surface area contributed by atoms with Crippen molar-refractivity contribution in [2.45, 2.75) is 32.0 Å². The Kier molecular flexibility index (Phi) is 7.40. The van der Waals surface area contributed by atoms with Gasteiger partial charge in [-0.2, -0.15) is 0 Å². The van der Waals surface area contributed by atoms with Crippen LogP contribution in [-0.4, -0.2) is 61.0 Å². The average Bonchev–Trinajstić information content (AvgIpc) is 3.23. The van der Waals surface area contributed by atoms with Crippen LogP contribution in [0.4, 0.5) is 4.39 Å². The zero-order valence-corrected chi connectivity index (χ0v) is 18.4. The van der Waals surface area contributed by atoms with E-state index in [0.717, 1.165) is 43.1 Å². The lowest BCUT2D eigenvalue weighted by Gasteiger charge is -2.20. The Labute approximate surface area is 188 Å². The van der Waals surface area contributed by atoms with Crippen LogP contribution < -0.4 is 10.1 Å². The van der Waals surface area contributed by atoms with Gasteiger partial charge in [0.05, 0.1) is 0 Å². The minimum absolute atomic E-state index is 0.186. The van der Waals surface area contributed by atoms with Gasteiger partial charge in [0, 0.05) is 45.2 Å². The number of carboxylic acid groups (broad SMARTS) is 1. The van der Waals surface area contributed by atoms with Gasteiger partial charge in [-0.1, -0.05) is 24.3 Å². The number of nitrogens with one attached hydrogen (secondary N) is 1. The van der Waals surface area contributed by atoms with Crippen LogP contribution >= 0.6 is 0 Å². The molecule has 0 amide bonds. The molecule has 2 aliphatic rings. The maximum Gasteiger partial charge on any atom is 0.333 e. The first kappa shape index (κ1) is 22.7. The SMILES string of the molecule is CCO[C@@H](Cc1ccc(OCCNC2C3CN(Cc4ccc(F)cc4)C[C@@H]32)cc1)C(=O)O. The number of rotatable bonds is 12. The molecule has 1 aliphatic carbocycles. The molecule has 2 aromatic carbocycles. The van der Waals surface area contributed by atoms with Gasteiger partial charge in [-0.15, -0.1) is 0 Å². The lowest BCUT2D eigenvalue weighted by Crippen LogP contribution is -2.33. The number of carboxylic acids is 1. The Hall–Kier alpha value is -2.48. The highest BCUT2D eigenvalue weighted by molar-refractivity contribution is 5.72. The molecule has 0 radical (unpaired) electrons. The van der Waals surface area contributed by atoms with Gasteiger partial charge in [0.25, 0.3) is 0 Å². The summed E-state index contributed by atoms with van der Waals surface area (Å²) in [5.74, 6) is 1.04. The van der Waals surface area contributed by atoms with Crippen molar-refractivity contribution in [2.75, 3.05) is 32.8 Å². The molecule has 0 spiro atoms. The Bertz CT molecular complexity index is 878. The zero-order chi connectivity index (χ0) is 22.5. The third-order valence-corrected chi connectivity index (χ3v) is 6.33. The fraction of sp³-hybridized carbons (Fsp3) is 0.480. The quantitative estimate of drug-likeness (QED) is 0.493. The van der Waals surface area contributed by atoms with Crippen molar-refractivity contribution in [3.8, 4) is 5.75 Å². The molecule has 4 rings (SSSR count). The van der Waals surface area contributed by atoms with Crippen LogP contribution in [0.15, 0.2) is 48.5 Å². The highest BCUT2D eigenvalue weighted by Crippen LogP contribution is 2.45. The number of hydrogen-bond donors (Lipinski definition) is 2. The lowest BCUT2D eigenvalue weighted by atomic mass is 10.1. The van der Waals surface area contributed by atoms with E-state index in [2.05, 4.69) is 10.2 Å². The number of benzene rings is 2. The van der Waals surface area contributed by atoms with Crippen molar-refractivity contribution >= 4 is 5.97 Å². The minimum atomic E-state index is -0.943. The summed E-state index contributed by atoms with van der Waals surface area (Å²) >= 11 is 0. The Morgan fingerprint density at radius 3 is 2.41 bits per heavy atom. The van der Waals surface area contributed by atoms with Crippen LogP contribution in [0.2, 0.25) is 0 Å². The van der Waals surface area contributed by atoms with Gasteiger partial charge in [0.15, 0.2) is 6.10 Å². The fourth-order valence-corrected chi connectivity index (χ4v) is 4.64. The number of fused-ring (bicyclic) bond motifs is 1. The van der Waals surface area contributed by atoms with E-state index in [1.807, 2.05) is 36.4 Å². The standard InChI is InChI=1S/C25H31FN2O4/c1-2-31-23(25(29)30)13-17-5-9-20(10-6-17)32-12-11-27-24-21-15-28(16-22(21)24)14-18-3-7-19(26)8-4-18/h3-10,21-24,27H,2,11-16H2,1H3,(H,29,30)/t21-,22?,23-,24?/m0/s1. The molecule has 32 heavy (non-hydrogen) atoms. The third-order valence-electron chi connectivity index (χ3n) is 6.33. The zero-order valence-electron chi connectivity index (χ0n) is 18.4. The number of nitrogens with zero attached hydrogens (tertiary/aromatic N) is 1. The summed E-state index contributed by atoms with van der Waals surface area (Å²) in [6.45, 7) is 6.60. The Morgan fingerprint density at radius 2 is 1.78 bits per heavy atom. The summed E-state index contributed by atoms with van der Waals surface area (Å²) in [4.78, 5) is 13.7. The fourth-order valence-electron chi connectivity index (χ4n) is 4.64. The Morgan fingerprint density at radius 1 is 1.12 bits per heavy atom. The van der Waals surface area contributed by atoms with Crippen molar-refractivity contribution in [1.29, 1.82) is 0 Å². The van der Waals surface area contributed by atoms with Crippen molar-refractivity contribution in [2.24, 2.45) is 11.8 Å². The maximum atomic E-state index is 13.0. The summed E-state index contributed by atoms with van der Waals surface area (Å²) in [5.41, 5.74) is 2.07. The smallest absolute Gasteiger partial charge is 0.333 e. The molecule has 6 nitrogen and oxygen atoms in total. The number of hydrogen-bond acceptors (Lipinski definition) is 5. The first-order valence-corrected chi connectivity index (χ1v) is 11.3. The minimum Gasteiger partial charge on any atom is -0.492 e. The molecule has 1 saturated carbocycles. The number of aliphatic carboxylic acids is 1. The van der Waals surface area contributed by atoms with E-state index < -0.39 is 12.1 Å². The highest BCUT2D eigenvalue weighted by atomic mass is 19.1. The van der Waals surface area contributed by atoms with Gasteiger partial charge < -0.3 is 19.9 Å². The van der Waals surface area contributed by atoms with Gasteiger partial charge in [-0.05, 0) is 54.2 Å². The normalized spacial score (nSPS) is 23.0. The van der Waals surface area contributed by atoms with Crippen molar-refractivity contribution in [1.82, 2.24) is 10.2 Å². The van der Waals surface area contributed by atoms with E-state index in [-0.39, 0.29) is 5.82 Å². The lowest BCUT2D eigenvalue weighted by molar-refractivity contribution is -0.149. The number of likely N-dealkylation sites (tertiary alicyclic amines) is 1. The second kappa shape index (κ2) is 10.4. The van der Waals surface area contributed by atoms with Gasteiger partial charge in [0.2, 0.25) is 0 Å². The first-order chi connectivity index (χ1) is 15.5. The van der Waals surface area contributed by atoms with E-state index in [0.29, 0.717) is 37.5 Å². The van der Waals surface area contributed by atoms with Crippen LogP contribution in [0.1, 0.15) is 18.1 Å². The average molecular weight is 443 g/mol. The second-order valence-electron chi connectivity index (χ2n) is 8.61. The van der Waals surface area contributed by atoms with E-state index >= 15 is 0 Å². The van der Waals surface area contributed by atoms with E-state index in [9.17, 15) is 14.3 Å². The van der Waals surface area contributed by atoms with E-state index in [4.69, 9.17) is 9.47 Å². The first-order valence-electron chi connectivity index (χ1n) is 11.3. The van der Waals surface area contributed by atoms with Gasteiger partial charge in [-0.25, -0.2) is 9.18 Å². The third kappa shape index (κ3) is 5.85. The molecule has 2 fully saturated rings. The van der Waals surface area contributed by atoms with Gasteiger partial charge in [-0.3, -0.25) is 4.90 Å². The number of piperidine rings is 1. The van der Waals surface area contributed by atoms with Gasteiger partial charge in [0.1, 0.15) is 18.2 Å². The predicted molar refractivity (Wildman–Crippen MR) is 119 cm³/mol. The number of ether oxygens (including phenoxy) is 2. The monoisotopic (exact) mass is 442 g/mol. The molecule has 2 N–H and O–H groups in total. The molecule has 0 aromatic heterocycles. The summed E-state index contributed by atoms with van der Waals surface area (Å²) in [6.07, 6.45) is -0.478. The topological polar surface area (TPSA) is 71.0 Å². The summed E-state index contributed by atoms with van der Waals surface area (Å²) in [6, 6.07) is 14.9. The van der Waals surface area contributed by atoms with E-state index in [1.54, 1.807) is 6.92 Å². The molecule has 1 aliphatic heterocycles. The van der Waals surface area contributed by atoms with Crippen LogP contribution in [0.5, 0.6) is 5.75 Å². The van der Waals surface area contributed by atoms with Crippen LogP contribution in [0.25, 0.3) is 0 Å². The largest absolute Gasteiger partial charge is 0.492 e. The second-order valence-corrected chi connectivity index (χ2v) is 8.61. The predicted octanol–water partition coefficient (Wildman–Crippen LogP) is 2.96. The number of halogens is 1. The molecule has 2 unspecified atom stereocenters. The molecule has 7 heteroatoms. The van der Waals surface area contributed by atoms with Gasteiger partial charge >= 0.3 is 5.97 Å². The van der Waals surface area contributed by atoms with Crippen LogP contribution in [0.3, 0.4) is 0 Å². The molecule has 2 aromatic rings. The van der Waals surface area contributed by atoms with Crippen molar-refractivity contribution < 1.29 is 23.8 Å². The maximum absolute atomic E-state index is 13.0. The molecule has 1 saturated heterocycles. The molecule has 1 heterocycles. The number of carbonyl (C=O) groups is 1. The van der Waals surface area contributed by atoms with Crippen molar-refractivity contribution in [3.05, 3.63) is 65.5 Å². The Balaban J connectivity index is 1.11. The van der Waals surface area contributed by atoms with Crippen molar-refractivity contribution in [3.63, 3.8) is 0 Å². The molecule has 0 bridgehead atoms. The van der Waals surface area contributed by atoms with Crippen LogP contribution in [-0.2, 0) is 22.5 Å². The van der Waals surface area contributed by atoms with E-state index in [1.165, 1.54) is 12.1 Å². The summed E-state index contributed by atoms with van der Waals surface area (Å²) in [7, 11) is 0. The molecule has 172 valence electrons.